The summed E-state index contributed by atoms with van der Waals surface area (Å²) < 4.78 is 78.7. The Hall–Kier alpha value is -4.85. The van der Waals surface area contributed by atoms with E-state index in [4.69, 9.17) is 61.6 Å². The fourth-order valence-electron chi connectivity index (χ4n) is 13.0. The average Bonchev–Trinajstić information content (AvgIpc) is 0.771. The van der Waals surface area contributed by atoms with E-state index in [0.29, 0.717) is 18.8 Å². The van der Waals surface area contributed by atoms with E-state index in [1.54, 1.807) is 26.0 Å². The van der Waals surface area contributed by atoms with Crippen molar-refractivity contribution in [3.8, 4) is 5.75 Å². The highest BCUT2D eigenvalue weighted by atomic mass is 16.8. The van der Waals surface area contributed by atoms with Crippen molar-refractivity contribution < 1.29 is 147 Å². The van der Waals surface area contributed by atoms with Crippen LogP contribution < -0.4 is 31.3 Å². The minimum Gasteiger partial charge on any atom is -0.494 e. The van der Waals surface area contributed by atoms with Crippen molar-refractivity contribution in [1.82, 2.24) is 26.6 Å². The Labute approximate surface area is 572 Å². The molecular formula is C64H103N5O30. The van der Waals surface area contributed by atoms with E-state index >= 15 is 0 Å². The number of nitrogens with one attached hydrogen (secondary N) is 5. The number of unbranched alkanes of at least 4 members (excludes halogenated alkanes) is 5. The van der Waals surface area contributed by atoms with E-state index in [1.165, 1.54) is 32.1 Å². The molecule has 564 valence electrons. The minimum atomic E-state index is -2.05. The molecule has 0 saturated carbocycles. The Morgan fingerprint density at radius 3 is 1.36 bits per heavy atom. The molecule has 0 aromatic heterocycles. The lowest BCUT2D eigenvalue weighted by molar-refractivity contribution is -0.368. The molecule has 0 bridgehead atoms. The normalized spacial score (nSPS) is 39.6. The highest BCUT2D eigenvalue weighted by molar-refractivity contribution is 5.94. The molecule has 30 atom stereocenters. The van der Waals surface area contributed by atoms with Gasteiger partial charge in [0.05, 0.1) is 51.8 Å². The first-order valence-corrected chi connectivity index (χ1v) is 33.5. The van der Waals surface area contributed by atoms with Crippen molar-refractivity contribution in [2.75, 3.05) is 46.8 Å². The van der Waals surface area contributed by atoms with Crippen LogP contribution in [0.4, 0.5) is 0 Å². The summed E-state index contributed by atoms with van der Waals surface area (Å²) in [6.45, 7) is 5.62. The zero-order chi connectivity index (χ0) is 72.5. The molecule has 6 heterocycles. The number of rotatable bonds is 32. The lowest BCUT2D eigenvalue weighted by Crippen LogP contribution is -2.72. The molecule has 6 saturated heterocycles. The quantitative estimate of drug-likeness (QED) is 0.0236. The number of amides is 5. The molecule has 35 heteroatoms. The highest BCUT2D eigenvalue weighted by Crippen LogP contribution is 2.37. The van der Waals surface area contributed by atoms with Gasteiger partial charge in [-0.15, -0.1) is 0 Å². The molecule has 1 aromatic carbocycles. The monoisotopic (exact) mass is 1420 g/mol. The number of benzene rings is 1. The highest BCUT2D eigenvalue weighted by Gasteiger charge is 2.58. The Morgan fingerprint density at radius 2 is 0.909 bits per heavy atom. The first kappa shape index (κ1) is 81.4. The molecule has 35 nitrogen and oxygen atoms in total. The van der Waals surface area contributed by atoms with Crippen LogP contribution in [0.25, 0.3) is 0 Å². The number of methoxy groups -OCH3 is 1. The summed E-state index contributed by atoms with van der Waals surface area (Å²) in [5.74, 6) is -4.10. The maximum absolute atomic E-state index is 14.0. The zero-order valence-corrected chi connectivity index (χ0v) is 56.7. The lowest BCUT2D eigenvalue weighted by Gasteiger charge is -2.51. The largest absolute Gasteiger partial charge is 0.494 e. The lowest BCUT2D eigenvalue weighted by atomic mass is 9.91. The Bertz CT molecular complexity index is 2730. The third kappa shape index (κ3) is 21.0. The van der Waals surface area contributed by atoms with Crippen LogP contribution >= 0.6 is 0 Å². The fourth-order valence-corrected chi connectivity index (χ4v) is 13.0. The predicted octanol–water partition coefficient (Wildman–Crippen LogP) is -5.45. The van der Waals surface area contributed by atoms with Gasteiger partial charge in [0.25, 0.3) is 5.91 Å². The fraction of sp³-hybridized carbons (Fsp3) is 0.797. The van der Waals surface area contributed by atoms with E-state index in [-0.39, 0.29) is 5.56 Å². The standard InChI is InChI=1S/C64H103N5O30/c1-9-10-11-12-13-14-15-16-17-21-88-35-20-18-19-34(22-35)58(85)69-42-48(80)47(79)36(23-70)92-60(42)96-54-37(24-71)93-61(43(50(54)82)66-31(5)75)97-55-38(25-72)94-62(44(51(55)83)67-32(6)76)98-56-39(26-73)95-63(45(52(56)84)68-33(7)77)99-57-40(91-59(86)41(49(57)81)65-30(4)74)27-89-64-53(87-8)28(2)46(78)29(3)90-64/h14-15,18-20,22,28-29,36-57,59-64,70-73,78-84,86H,9-13,16-17,21,23-27H2,1-8H3,(H,65,74)(H,66,75)(H,67,76)(H,68,77)(H,69,85)/b15-14-/t28-,29?,36?,37-,38?,39-,40?,41-,42-,43?,44-,45?,46?,47+,48+,49+,50?,51+,52?,53+,54+,55?,56+,57?,59?,60?,61?,62-,63?,64+/m0/s1. The van der Waals surface area contributed by atoms with Gasteiger partial charge in [0, 0.05) is 46.3 Å². The van der Waals surface area contributed by atoms with Crippen LogP contribution in [-0.2, 0) is 76.0 Å². The smallest absolute Gasteiger partial charge is 0.251 e. The second-order valence-corrected chi connectivity index (χ2v) is 25.7. The molecule has 0 aliphatic carbocycles. The maximum Gasteiger partial charge on any atom is 0.251 e. The van der Waals surface area contributed by atoms with Gasteiger partial charge >= 0.3 is 0 Å². The molecular weight excluding hydrogens is 1320 g/mol. The summed E-state index contributed by atoms with van der Waals surface area (Å²) in [5.41, 5.74) is 0.0529. The molecule has 6 aliphatic heterocycles. The van der Waals surface area contributed by atoms with Gasteiger partial charge in [-0.1, -0.05) is 51.3 Å². The number of hydrogen-bond acceptors (Lipinski definition) is 30. The van der Waals surface area contributed by atoms with E-state index in [9.17, 15) is 85.3 Å². The topological polar surface area (TPSA) is 508 Å². The van der Waals surface area contributed by atoms with Crippen molar-refractivity contribution in [3.05, 3.63) is 42.0 Å². The number of aliphatic hydroxyl groups excluding tert-OH is 12. The number of carbonyl (C=O) groups is 5. The average molecular weight is 1420 g/mol. The van der Waals surface area contributed by atoms with Crippen molar-refractivity contribution in [2.45, 2.75) is 271 Å². The van der Waals surface area contributed by atoms with Gasteiger partial charge in [-0.25, -0.2) is 0 Å². The first-order chi connectivity index (χ1) is 47.2. The number of carbonyl (C=O) groups excluding carboxylic acids is 5. The molecule has 7 rings (SSSR count). The SMILES string of the molecule is CCCCCC/C=C\CCCOc1cccc(C(=O)N[C@@H]2C(O[C@H]3C(O)C(NC(C)=O)C(OC4C(CO)O[C@@H](O[C@H]5C(O)C(NC(C)=O)C(OC6C(CO[C@@H]7OC(C)C(O)[C@H](C)[C@H]7OC)OC(O)[C@@H](NC(C)=O)[C@H]6O)O[C@H]5CO)[C@@H](NC(C)=O)[C@H]4O)O[C@H]3CO)OC(CO)[C@@H](O)[C@@H]2O)c1. The number of allylic oxidation sites excluding steroid dienone is 2. The van der Waals surface area contributed by atoms with Gasteiger partial charge in [-0.3, -0.25) is 24.0 Å². The van der Waals surface area contributed by atoms with Crippen LogP contribution in [0.1, 0.15) is 104 Å². The van der Waals surface area contributed by atoms with E-state index in [2.05, 4.69) is 45.7 Å². The van der Waals surface area contributed by atoms with E-state index in [1.807, 2.05) is 0 Å². The summed E-state index contributed by atoms with van der Waals surface area (Å²) in [5, 5.41) is 148. The second kappa shape index (κ2) is 38.6. The van der Waals surface area contributed by atoms with Crippen LogP contribution in [0, 0.1) is 5.92 Å². The molecule has 1 aromatic rings. The van der Waals surface area contributed by atoms with Crippen molar-refractivity contribution >= 4 is 29.5 Å². The van der Waals surface area contributed by atoms with Crippen LogP contribution in [0.15, 0.2) is 36.4 Å². The van der Waals surface area contributed by atoms with Gasteiger partial charge in [0.15, 0.2) is 37.7 Å². The van der Waals surface area contributed by atoms with E-state index < -0.39 is 246 Å². The summed E-state index contributed by atoms with van der Waals surface area (Å²) >= 11 is 0. The zero-order valence-electron chi connectivity index (χ0n) is 56.7. The Kier molecular flexibility index (Phi) is 31.8. The molecule has 6 aliphatic rings. The number of hydrogen-bond donors (Lipinski definition) is 17. The molecule has 99 heavy (non-hydrogen) atoms. The summed E-state index contributed by atoms with van der Waals surface area (Å²) in [6.07, 6.45) is -28.6. The molecule has 0 radical (unpaired) electrons. The molecule has 0 spiro atoms. The van der Waals surface area contributed by atoms with Gasteiger partial charge in [0.2, 0.25) is 23.6 Å². The first-order valence-electron chi connectivity index (χ1n) is 33.5. The van der Waals surface area contributed by atoms with Gasteiger partial charge in [-0.2, -0.15) is 0 Å². The molecule has 6 fully saturated rings. The van der Waals surface area contributed by atoms with Crippen LogP contribution in [0.2, 0.25) is 0 Å². The van der Waals surface area contributed by atoms with Gasteiger partial charge in [-0.05, 0) is 50.8 Å². The van der Waals surface area contributed by atoms with E-state index in [0.717, 1.165) is 53.4 Å². The summed E-state index contributed by atoms with van der Waals surface area (Å²) in [6, 6.07) is -2.33. The molecule has 15 unspecified atom stereocenters. The van der Waals surface area contributed by atoms with Crippen molar-refractivity contribution in [1.29, 1.82) is 0 Å². The Morgan fingerprint density at radius 1 is 0.475 bits per heavy atom. The van der Waals surface area contributed by atoms with Crippen LogP contribution in [0.5, 0.6) is 5.75 Å². The van der Waals surface area contributed by atoms with Gasteiger partial charge < -0.3 is 149 Å². The molecule has 17 N–H and O–H groups in total. The van der Waals surface area contributed by atoms with Crippen LogP contribution in [0.3, 0.4) is 0 Å². The predicted molar refractivity (Wildman–Crippen MR) is 336 cm³/mol. The Balaban J connectivity index is 1.07. The van der Waals surface area contributed by atoms with Crippen molar-refractivity contribution in [2.24, 2.45) is 5.92 Å². The van der Waals surface area contributed by atoms with Gasteiger partial charge in [0.1, 0.15) is 134 Å². The van der Waals surface area contributed by atoms with Crippen molar-refractivity contribution in [3.63, 3.8) is 0 Å². The molecule has 5 amide bonds. The summed E-state index contributed by atoms with van der Waals surface area (Å²) in [7, 11) is 1.37. The third-order valence-electron chi connectivity index (χ3n) is 18.2. The summed E-state index contributed by atoms with van der Waals surface area (Å²) in [4.78, 5) is 65.2. The minimum absolute atomic E-state index is 0.0529. The number of aliphatic hydroxyl groups is 12. The maximum atomic E-state index is 14.0. The second-order valence-electron chi connectivity index (χ2n) is 25.7. The third-order valence-corrected chi connectivity index (χ3v) is 18.2. The number of ether oxygens (including phenoxy) is 13. The van der Waals surface area contributed by atoms with Crippen LogP contribution in [-0.4, -0.2) is 315 Å².